The highest BCUT2D eigenvalue weighted by molar-refractivity contribution is 5.77. The lowest BCUT2D eigenvalue weighted by Gasteiger charge is -2.27. The van der Waals surface area contributed by atoms with Crippen molar-refractivity contribution >= 4 is 17.1 Å². The maximum atomic E-state index is 10.4. The Kier molecular flexibility index (Phi) is 2.99. The number of nitrogen functional groups attached to an aromatic ring is 1. The number of nitrogens with zero attached hydrogens (tertiary/aromatic N) is 4. The van der Waals surface area contributed by atoms with Gasteiger partial charge in [-0.2, -0.15) is 9.97 Å². The molecule has 21 heavy (non-hydrogen) atoms. The number of aliphatic hydroxyl groups is 3. The third-order valence-electron chi connectivity index (χ3n) is 3.61. The highest BCUT2D eigenvalue weighted by Crippen LogP contribution is 2.39. The van der Waals surface area contributed by atoms with Crippen LogP contribution in [0.3, 0.4) is 0 Å². The summed E-state index contributed by atoms with van der Waals surface area (Å²) in [6.45, 7) is 0.914. The predicted molar refractivity (Wildman–Crippen MR) is 69.0 cm³/mol. The van der Waals surface area contributed by atoms with Crippen LogP contribution < -0.4 is 5.73 Å². The molecule has 0 amide bonds. The van der Waals surface area contributed by atoms with E-state index >= 15 is 0 Å². The van der Waals surface area contributed by atoms with E-state index in [4.69, 9.17) is 10.5 Å². The number of aromatic nitrogens is 4. The first kappa shape index (κ1) is 13.9. The van der Waals surface area contributed by atoms with Crippen molar-refractivity contribution in [1.29, 1.82) is 0 Å². The van der Waals surface area contributed by atoms with Crippen molar-refractivity contribution in [3.8, 4) is 5.88 Å². The summed E-state index contributed by atoms with van der Waals surface area (Å²) in [6, 6.07) is 0. The second-order valence-corrected chi connectivity index (χ2v) is 5.11. The number of aliphatic hydroxyl groups excluding tert-OH is 2. The van der Waals surface area contributed by atoms with E-state index in [9.17, 15) is 20.4 Å². The smallest absolute Gasteiger partial charge is 0.244 e. The number of ether oxygens (including phenoxy) is 1. The van der Waals surface area contributed by atoms with Crippen LogP contribution in [0.5, 0.6) is 5.88 Å². The average Bonchev–Trinajstić information content (AvgIpc) is 2.91. The van der Waals surface area contributed by atoms with E-state index in [-0.39, 0.29) is 17.1 Å². The van der Waals surface area contributed by atoms with Gasteiger partial charge in [-0.05, 0) is 6.92 Å². The molecule has 2 aromatic heterocycles. The highest BCUT2D eigenvalue weighted by Gasteiger charge is 2.53. The van der Waals surface area contributed by atoms with Gasteiger partial charge in [0, 0.05) is 0 Å². The summed E-state index contributed by atoms with van der Waals surface area (Å²) in [5.41, 5.74) is 4.04. The molecular formula is C11H15N5O5. The van der Waals surface area contributed by atoms with Crippen LogP contribution in [0, 0.1) is 0 Å². The number of anilines is 1. The van der Waals surface area contributed by atoms with Gasteiger partial charge in [-0.3, -0.25) is 4.57 Å². The number of hydrogen-bond acceptors (Lipinski definition) is 9. The van der Waals surface area contributed by atoms with Gasteiger partial charge in [0.25, 0.3) is 0 Å². The van der Waals surface area contributed by atoms with Crippen molar-refractivity contribution in [1.82, 2.24) is 19.5 Å². The lowest BCUT2D eigenvalue weighted by atomic mass is 9.96. The number of hydrogen-bond donors (Lipinski definition) is 5. The Balaban J connectivity index is 2.13. The average molecular weight is 297 g/mol. The van der Waals surface area contributed by atoms with Crippen LogP contribution in [0.2, 0.25) is 0 Å². The fourth-order valence-electron chi connectivity index (χ4n) is 2.48. The van der Waals surface area contributed by atoms with Crippen LogP contribution in [0.4, 0.5) is 5.95 Å². The van der Waals surface area contributed by atoms with E-state index in [1.165, 1.54) is 17.8 Å². The Morgan fingerprint density at radius 1 is 1.48 bits per heavy atom. The summed E-state index contributed by atoms with van der Waals surface area (Å²) in [5.74, 6) is -0.563. The Morgan fingerprint density at radius 2 is 2.19 bits per heavy atom. The van der Waals surface area contributed by atoms with Crippen LogP contribution >= 0.6 is 0 Å². The molecule has 1 saturated heterocycles. The molecule has 0 radical (unpaired) electrons. The number of fused-ring (bicyclic) bond motifs is 1. The molecule has 0 saturated carbocycles. The molecule has 114 valence electrons. The van der Waals surface area contributed by atoms with Gasteiger partial charge in [-0.15, -0.1) is 0 Å². The minimum atomic E-state index is -1.68. The van der Waals surface area contributed by atoms with Crippen molar-refractivity contribution in [2.24, 2.45) is 0 Å². The van der Waals surface area contributed by atoms with Crippen LogP contribution in [-0.2, 0) is 4.74 Å². The Labute approximate surface area is 118 Å². The van der Waals surface area contributed by atoms with E-state index < -0.39 is 36.5 Å². The Bertz CT molecular complexity index is 687. The zero-order valence-electron chi connectivity index (χ0n) is 11.1. The zero-order valence-corrected chi connectivity index (χ0v) is 11.1. The normalized spacial score (nSPS) is 32.9. The third-order valence-corrected chi connectivity index (χ3v) is 3.61. The highest BCUT2D eigenvalue weighted by atomic mass is 16.6. The second-order valence-electron chi connectivity index (χ2n) is 5.11. The molecule has 1 aliphatic rings. The van der Waals surface area contributed by atoms with Crippen molar-refractivity contribution in [3.05, 3.63) is 6.33 Å². The fourth-order valence-corrected chi connectivity index (χ4v) is 2.48. The number of nitrogens with two attached hydrogens (primary N) is 1. The predicted octanol–water partition coefficient (Wildman–Crippen LogP) is -1.88. The van der Waals surface area contributed by atoms with Gasteiger partial charge in [0.2, 0.25) is 11.8 Å². The summed E-state index contributed by atoms with van der Waals surface area (Å²) in [5, 5.41) is 39.3. The first-order valence-corrected chi connectivity index (χ1v) is 6.22. The van der Waals surface area contributed by atoms with Gasteiger partial charge in [0.1, 0.15) is 17.8 Å². The Hall–Kier alpha value is -2.01. The third kappa shape index (κ3) is 1.92. The standard InChI is InChI=1S/C11H15N5O5/c1-11(20)6(18)4(2-17)21-9(11)16-3-13-5-7(16)14-10(12)15-8(5)19/h3-4,6,9,17-18,20H,2H2,1H3,(H3,12,14,15,19)/t4?,6?,9-,11-/m1/s1. The second kappa shape index (κ2) is 4.49. The molecule has 0 aromatic carbocycles. The first-order valence-electron chi connectivity index (χ1n) is 6.22. The van der Waals surface area contributed by atoms with Crippen molar-refractivity contribution < 1.29 is 25.2 Å². The lowest BCUT2D eigenvalue weighted by molar-refractivity contribution is -0.0950. The van der Waals surface area contributed by atoms with Crippen LogP contribution in [-0.4, -0.2) is 64.4 Å². The largest absolute Gasteiger partial charge is 0.492 e. The van der Waals surface area contributed by atoms with Gasteiger partial charge in [-0.25, -0.2) is 4.98 Å². The topological polar surface area (TPSA) is 160 Å². The van der Waals surface area contributed by atoms with Crippen molar-refractivity contribution in [2.75, 3.05) is 12.3 Å². The monoisotopic (exact) mass is 297 g/mol. The van der Waals surface area contributed by atoms with Crippen LogP contribution in [0.25, 0.3) is 11.2 Å². The van der Waals surface area contributed by atoms with E-state index in [1.807, 2.05) is 0 Å². The van der Waals surface area contributed by atoms with Crippen molar-refractivity contribution in [3.63, 3.8) is 0 Å². The van der Waals surface area contributed by atoms with E-state index in [0.29, 0.717) is 0 Å². The summed E-state index contributed by atoms with van der Waals surface area (Å²) >= 11 is 0. The van der Waals surface area contributed by atoms with Gasteiger partial charge < -0.3 is 30.9 Å². The first-order chi connectivity index (χ1) is 9.86. The summed E-state index contributed by atoms with van der Waals surface area (Å²) in [6.07, 6.45) is -2.01. The number of rotatable bonds is 2. The summed E-state index contributed by atoms with van der Waals surface area (Å²) < 4.78 is 6.79. The number of aromatic hydroxyl groups is 1. The number of imidazole rings is 1. The van der Waals surface area contributed by atoms with E-state index in [2.05, 4.69) is 15.0 Å². The zero-order chi connectivity index (χ0) is 15.4. The quantitative estimate of drug-likeness (QED) is 0.427. The molecule has 0 aliphatic carbocycles. The minimum absolute atomic E-state index is 0.0885. The molecule has 1 aliphatic heterocycles. The van der Waals surface area contributed by atoms with E-state index in [1.54, 1.807) is 0 Å². The molecule has 3 heterocycles. The molecule has 2 aromatic rings. The van der Waals surface area contributed by atoms with Crippen LogP contribution in [0.1, 0.15) is 13.2 Å². The van der Waals surface area contributed by atoms with Gasteiger partial charge in [0.05, 0.1) is 12.9 Å². The maximum Gasteiger partial charge on any atom is 0.244 e. The van der Waals surface area contributed by atoms with Gasteiger partial charge in [0.15, 0.2) is 17.4 Å². The lowest BCUT2D eigenvalue weighted by Crippen LogP contribution is -2.44. The molecule has 2 unspecified atom stereocenters. The molecule has 10 heteroatoms. The minimum Gasteiger partial charge on any atom is -0.492 e. The van der Waals surface area contributed by atoms with Gasteiger partial charge >= 0.3 is 0 Å². The summed E-state index contributed by atoms with van der Waals surface area (Å²) in [4.78, 5) is 11.5. The molecule has 1 fully saturated rings. The van der Waals surface area contributed by atoms with Gasteiger partial charge in [-0.1, -0.05) is 0 Å². The maximum absolute atomic E-state index is 10.4. The molecule has 0 spiro atoms. The van der Waals surface area contributed by atoms with E-state index in [0.717, 1.165) is 0 Å². The Morgan fingerprint density at radius 3 is 2.81 bits per heavy atom. The molecule has 3 rings (SSSR count). The summed E-state index contributed by atoms with van der Waals surface area (Å²) in [7, 11) is 0. The molecule has 0 bridgehead atoms. The molecule has 4 atom stereocenters. The van der Waals surface area contributed by atoms with Crippen molar-refractivity contribution in [2.45, 2.75) is 31.0 Å². The molecule has 10 nitrogen and oxygen atoms in total. The fraction of sp³-hybridized carbons (Fsp3) is 0.545. The SMILES string of the molecule is C[C@@]1(O)C(O)C(CO)O[C@H]1n1cnc2c(O)nc(N)nc21. The van der Waals surface area contributed by atoms with Crippen LogP contribution in [0.15, 0.2) is 6.33 Å². The molecule has 6 N–H and O–H groups in total. The molecular weight excluding hydrogens is 282 g/mol.